The second-order valence-electron chi connectivity index (χ2n) is 6.28. The molecule has 0 amide bonds. The van der Waals surface area contributed by atoms with Crippen LogP contribution in [0.5, 0.6) is 5.75 Å². The summed E-state index contributed by atoms with van der Waals surface area (Å²) in [5.74, 6) is -1.07. The van der Waals surface area contributed by atoms with Crippen molar-refractivity contribution < 1.29 is 31.1 Å². The van der Waals surface area contributed by atoms with Crippen LogP contribution in [-0.4, -0.2) is 25.5 Å². The Labute approximate surface area is 180 Å². The van der Waals surface area contributed by atoms with Crippen molar-refractivity contribution in [1.82, 2.24) is 4.98 Å². The van der Waals surface area contributed by atoms with Crippen molar-refractivity contribution in [3.8, 4) is 5.75 Å². The monoisotopic (exact) mass is 470 g/mol. The van der Waals surface area contributed by atoms with Crippen LogP contribution in [0.2, 0.25) is 5.02 Å². The zero-order valence-electron chi connectivity index (χ0n) is 15.8. The van der Waals surface area contributed by atoms with Gasteiger partial charge in [-0.1, -0.05) is 11.6 Å². The van der Waals surface area contributed by atoms with Crippen LogP contribution in [0.25, 0.3) is 0 Å². The van der Waals surface area contributed by atoms with Gasteiger partial charge in [-0.15, -0.1) is 13.2 Å². The summed E-state index contributed by atoms with van der Waals surface area (Å²) in [6.45, 7) is 1.63. The fourth-order valence-electron chi connectivity index (χ4n) is 2.69. The number of hydrogen-bond acceptors (Lipinski definition) is 5. The molecule has 6 nitrogen and oxygen atoms in total. The van der Waals surface area contributed by atoms with E-state index in [0.29, 0.717) is 5.69 Å². The molecule has 31 heavy (non-hydrogen) atoms. The third-order valence-electron chi connectivity index (χ3n) is 4.09. The Morgan fingerprint density at radius 2 is 1.74 bits per heavy atom. The van der Waals surface area contributed by atoms with Crippen molar-refractivity contribution in [2.75, 3.05) is 4.72 Å². The summed E-state index contributed by atoms with van der Waals surface area (Å²) in [6.07, 6.45) is -3.39. The normalized spacial score (nSPS) is 11.8. The van der Waals surface area contributed by atoms with E-state index in [9.17, 15) is 26.4 Å². The van der Waals surface area contributed by atoms with Gasteiger partial charge in [0.05, 0.1) is 10.6 Å². The lowest BCUT2D eigenvalue weighted by molar-refractivity contribution is -0.274. The number of hydrogen-bond donors (Lipinski definition) is 1. The number of pyridine rings is 1. The van der Waals surface area contributed by atoms with Crippen LogP contribution >= 0.6 is 11.6 Å². The fraction of sp³-hybridized carbons (Fsp3) is 0.100. The van der Waals surface area contributed by atoms with E-state index in [2.05, 4.69) is 14.4 Å². The molecule has 3 aromatic rings. The number of sulfonamides is 1. The molecule has 0 aliphatic carbocycles. The fourth-order valence-corrected chi connectivity index (χ4v) is 3.94. The highest BCUT2D eigenvalue weighted by atomic mass is 35.5. The second kappa shape index (κ2) is 8.56. The van der Waals surface area contributed by atoms with Gasteiger partial charge in [-0.05, 0) is 61.5 Å². The molecule has 0 aliphatic rings. The molecule has 0 saturated heterocycles. The molecule has 0 bridgehead atoms. The number of aryl methyl sites for hydroxylation is 1. The predicted octanol–water partition coefficient (Wildman–Crippen LogP) is 4.97. The van der Waals surface area contributed by atoms with Crippen LogP contribution in [0.4, 0.5) is 18.9 Å². The van der Waals surface area contributed by atoms with Crippen molar-refractivity contribution in [2.24, 2.45) is 0 Å². The number of benzene rings is 2. The van der Waals surface area contributed by atoms with Crippen molar-refractivity contribution in [3.05, 3.63) is 82.6 Å². The third-order valence-corrected chi connectivity index (χ3v) is 5.71. The van der Waals surface area contributed by atoms with Gasteiger partial charge in [0.25, 0.3) is 10.0 Å². The quantitative estimate of drug-likeness (QED) is 0.514. The van der Waals surface area contributed by atoms with Crippen molar-refractivity contribution in [1.29, 1.82) is 0 Å². The summed E-state index contributed by atoms with van der Waals surface area (Å²) in [5, 5.41) is 0.210. The average Bonchev–Trinajstić information content (AvgIpc) is 2.68. The summed E-state index contributed by atoms with van der Waals surface area (Å²) in [4.78, 5) is 16.7. The molecule has 1 aromatic heterocycles. The first-order valence-corrected chi connectivity index (χ1v) is 10.5. The van der Waals surface area contributed by atoms with Crippen molar-refractivity contribution in [3.63, 3.8) is 0 Å². The van der Waals surface area contributed by atoms with Gasteiger partial charge in [-0.3, -0.25) is 14.5 Å². The molecule has 0 atom stereocenters. The average molecular weight is 471 g/mol. The van der Waals surface area contributed by atoms with Crippen molar-refractivity contribution >= 4 is 33.1 Å². The largest absolute Gasteiger partial charge is 0.573 e. The number of nitrogens with one attached hydrogen (secondary N) is 1. The number of aromatic nitrogens is 1. The minimum atomic E-state index is -4.90. The molecule has 0 saturated carbocycles. The van der Waals surface area contributed by atoms with Gasteiger partial charge < -0.3 is 4.74 Å². The SMILES string of the molecule is Cc1ncccc1C(=O)c1cc(Cl)ccc1NS(=O)(=O)c1ccc(OC(F)(F)F)cc1. The van der Waals surface area contributed by atoms with Gasteiger partial charge >= 0.3 is 6.36 Å². The van der Waals surface area contributed by atoms with E-state index in [4.69, 9.17) is 11.6 Å². The van der Waals surface area contributed by atoms with Gasteiger partial charge in [0, 0.05) is 28.0 Å². The van der Waals surface area contributed by atoms with E-state index in [1.54, 1.807) is 19.1 Å². The zero-order valence-corrected chi connectivity index (χ0v) is 17.3. The van der Waals surface area contributed by atoms with E-state index < -0.39 is 27.9 Å². The Hall–Kier alpha value is -3.11. The molecule has 0 unspecified atom stereocenters. The Morgan fingerprint density at radius 3 is 2.35 bits per heavy atom. The van der Waals surface area contributed by atoms with Crippen molar-refractivity contribution in [2.45, 2.75) is 18.2 Å². The van der Waals surface area contributed by atoms with Gasteiger partial charge in [0.2, 0.25) is 0 Å². The standard InChI is InChI=1S/C20H14ClF3N2O4S/c1-12-16(3-2-10-25-12)19(27)17-11-13(21)4-9-18(17)26-31(28,29)15-7-5-14(6-8-15)30-20(22,23)24/h2-11,26H,1H3. The van der Waals surface area contributed by atoms with E-state index in [1.165, 1.54) is 24.4 Å². The first kappa shape index (κ1) is 22.6. The Balaban J connectivity index is 1.94. The maximum atomic E-state index is 13.0. The topological polar surface area (TPSA) is 85.4 Å². The Bertz CT molecular complexity index is 1230. The molecule has 1 heterocycles. The third kappa shape index (κ3) is 5.53. The van der Waals surface area contributed by atoms with Crippen LogP contribution < -0.4 is 9.46 Å². The summed E-state index contributed by atoms with van der Waals surface area (Å²) in [7, 11) is -4.23. The number of rotatable bonds is 6. The molecule has 0 radical (unpaired) electrons. The lowest BCUT2D eigenvalue weighted by Gasteiger charge is -2.14. The smallest absolute Gasteiger partial charge is 0.406 e. The maximum Gasteiger partial charge on any atom is 0.573 e. The van der Waals surface area contributed by atoms with E-state index in [-0.39, 0.29) is 26.7 Å². The number of ketones is 1. The molecule has 0 spiro atoms. The van der Waals surface area contributed by atoms with E-state index >= 15 is 0 Å². The number of ether oxygens (including phenoxy) is 1. The number of anilines is 1. The minimum Gasteiger partial charge on any atom is -0.406 e. The Morgan fingerprint density at radius 1 is 1.06 bits per heavy atom. The number of carbonyl (C=O) groups is 1. The van der Waals surface area contributed by atoms with Crippen LogP contribution in [0.3, 0.4) is 0 Å². The molecule has 162 valence electrons. The lowest BCUT2D eigenvalue weighted by atomic mass is 10.0. The molecule has 0 aliphatic heterocycles. The summed E-state index contributed by atoms with van der Waals surface area (Å²) < 4.78 is 68.3. The summed E-state index contributed by atoms with van der Waals surface area (Å²) >= 11 is 6.00. The van der Waals surface area contributed by atoms with Gasteiger partial charge in [0.1, 0.15) is 5.75 Å². The number of halogens is 4. The number of carbonyl (C=O) groups excluding carboxylic acids is 1. The zero-order chi connectivity index (χ0) is 22.8. The highest BCUT2D eigenvalue weighted by Gasteiger charge is 2.31. The molecule has 2 aromatic carbocycles. The minimum absolute atomic E-state index is 0.0100. The molecular weight excluding hydrogens is 457 g/mol. The molecular formula is C20H14ClF3N2O4S. The summed E-state index contributed by atoms with van der Waals surface area (Å²) in [6, 6.07) is 10.8. The first-order valence-electron chi connectivity index (χ1n) is 8.61. The first-order chi connectivity index (χ1) is 14.5. The van der Waals surface area contributed by atoms with Crippen LogP contribution in [-0.2, 0) is 10.0 Å². The molecule has 1 N–H and O–H groups in total. The maximum absolute atomic E-state index is 13.0. The van der Waals surface area contributed by atoms with Crippen LogP contribution in [0.1, 0.15) is 21.6 Å². The van der Waals surface area contributed by atoms with Gasteiger partial charge in [-0.25, -0.2) is 8.42 Å². The van der Waals surface area contributed by atoms with E-state index in [1.807, 2.05) is 0 Å². The Kier molecular flexibility index (Phi) is 6.23. The van der Waals surface area contributed by atoms with Gasteiger partial charge in [0.15, 0.2) is 5.78 Å². The molecule has 11 heteroatoms. The molecule has 0 fully saturated rings. The highest BCUT2D eigenvalue weighted by Crippen LogP contribution is 2.28. The number of alkyl halides is 3. The second-order valence-corrected chi connectivity index (χ2v) is 8.40. The highest BCUT2D eigenvalue weighted by molar-refractivity contribution is 7.92. The summed E-state index contributed by atoms with van der Waals surface area (Å²) in [5.41, 5.74) is 0.651. The van der Waals surface area contributed by atoms with Gasteiger partial charge in [-0.2, -0.15) is 0 Å². The van der Waals surface area contributed by atoms with Crippen LogP contribution in [0, 0.1) is 6.92 Å². The molecule has 3 rings (SSSR count). The lowest BCUT2D eigenvalue weighted by Crippen LogP contribution is -2.18. The number of nitrogens with zero attached hydrogens (tertiary/aromatic N) is 1. The van der Waals surface area contributed by atoms with Crippen LogP contribution in [0.15, 0.2) is 65.7 Å². The predicted molar refractivity (Wildman–Crippen MR) is 108 cm³/mol. The van der Waals surface area contributed by atoms with E-state index in [0.717, 1.165) is 24.3 Å².